The molecule has 5 heteroatoms. The Labute approximate surface area is 211 Å². The fraction of sp³-hybridized carbons (Fsp3) is 0.226. The second-order valence-corrected chi connectivity index (χ2v) is 8.93. The molecule has 0 aliphatic rings. The predicted molar refractivity (Wildman–Crippen MR) is 144 cm³/mol. The van der Waals surface area contributed by atoms with E-state index in [0.29, 0.717) is 25.9 Å². The van der Waals surface area contributed by atoms with E-state index < -0.39 is 5.97 Å². The average Bonchev–Trinajstić information content (AvgIpc) is 2.89. The molecule has 0 saturated heterocycles. The number of carboxylic acids is 1. The Morgan fingerprint density at radius 1 is 0.889 bits per heavy atom. The van der Waals surface area contributed by atoms with Gasteiger partial charge in [0.25, 0.3) is 0 Å². The summed E-state index contributed by atoms with van der Waals surface area (Å²) in [5.41, 5.74) is 3.68. The van der Waals surface area contributed by atoms with Gasteiger partial charge in [0.15, 0.2) is 0 Å². The summed E-state index contributed by atoms with van der Waals surface area (Å²) in [5, 5.41) is 14.3. The number of amides is 1. The summed E-state index contributed by atoms with van der Waals surface area (Å²) in [5.74, 6) is -0.448. The highest BCUT2D eigenvalue weighted by atomic mass is 16.5. The molecule has 0 radical (unpaired) electrons. The Balaban J connectivity index is 1.51. The van der Waals surface area contributed by atoms with E-state index in [4.69, 9.17) is 9.84 Å². The standard InChI is InChI=1S/C31H31NO4/c1-22(27-15-7-10-24-9-5-6-14-28(24)27)31(35)32-29-21-23(17-18-25(29)11-8-16-30(33)34)19-20-36-26-12-3-2-4-13-26/h2-7,9-10,12-15,17-18,21-22H,8,11,16,19-20H2,1H3,(H,32,35)(H,33,34). The summed E-state index contributed by atoms with van der Waals surface area (Å²) in [6.07, 6.45) is 1.86. The number of benzene rings is 4. The molecule has 0 heterocycles. The lowest BCUT2D eigenvalue weighted by atomic mass is 9.93. The molecule has 0 bridgehead atoms. The fourth-order valence-electron chi connectivity index (χ4n) is 4.36. The molecule has 1 atom stereocenters. The number of para-hydroxylation sites is 1. The van der Waals surface area contributed by atoms with Gasteiger partial charge in [-0.3, -0.25) is 9.59 Å². The summed E-state index contributed by atoms with van der Waals surface area (Å²) < 4.78 is 5.84. The van der Waals surface area contributed by atoms with Crippen molar-refractivity contribution in [3.63, 3.8) is 0 Å². The number of fused-ring (bicyclic) bond motifs is 1. The van der Waals surface area contributed by atoms with Crippen LogP contribution in [-0.4, -0.2) is 23.6 Å². The first-order valence-electron chi connectivity index (χ1n) is 12.3. The molecule has 4 aromatic carbocycles. The normalized spacial score (nSPS) is 11.7. The highest BCUT2D eigenvalue weighted by Crippen LogP contribution is 2.28. The van der Waals surface area contributed by atoms with Gasteiger partial charge in [-0.2, -0.15) is 0 Å². The molecule has 0 aliphatic carbocycles. The van der Waals surface area contributed by atoms with Gasteiger partial charge in [0.05, 0.1) is 12.5 Å². The van der Waals surface area contributed by atoms with Crippen LogP contribution in [0.15, 0.2) is 91.0 Å². The first kappa shape index (κ1) is 25.0. The molecule has 184 valence electrons. The number of nitrogens with one attached hydrogen (secondary N) is 1. The van der Waals surface area contributed by atoms with Crippen LogP contribution < -0.4 is 10.1 Å². The molecule has 2 N–H and O–H groups in total. The van der Waals surface area contributed by atoms with Gasteiger partial charge in [0, 0.05) is 18.5 Å². The van der Waals surface area contributed by atoms with Crippen LogP contribution in [0.4, 0.5) is 5.69 Å². The van der Waals surface area contributed by atoms with Crippen molar-refractivity contribution in [1.82, 2.24) is 0 Å². The predicted octanol–water partition coefficient (Wildman–Crippen LogP) is 6.61. The van der Waals surface area contributed by atoms with Gasteiger partial charge in [-0.1, -0.05) is 72.8 Å². The lowest BCUT2D eigenvalue weighted by Gasteiger charge is -2.18. The molecular weight excluding hydrogens is 450 g/mol. The number of ether oxygens (including phenoxy) is 1. The molecule has 4 aromatic rings. The number of carboxylic acid groups (broad SMARTS) is 1. The van der Waals surface area contributed by atoms with E-state index in [1.165, 1.54) is 0 Å². The van der Waals surface area contributed by atoms with Crippen LogP contribution >= 0.6 is 0 Å². The van der Waals surface area contributed by atoms with E-state index in [1.807, 2.05) is 97.9 Å². The monoisotopic (exact) mass is 481 g/mol. The topological polar surface area (TPSA) is 75.6 Å². The van der Waals surface area contributed by atoms with Crippen molar-refractivity contribution in [2.24, 2.45) is 0 Å². The summed E-state index contributed by atoms with van der Waals surface area (Å²) in [4.78, 5) is 24.4. The third-order valence-electron chi connectivity index (χ3n) is 6.35. The lowest BCUT2D eigenvalue weighted by Crippen LogP contribution is -2.20. The van der Waals surface area contributed by atoms with Gasteiger partial charge in [-0.05, 0) is 65.4 Å². The zero-order chi connectivity index (χ0) is 25.3. The number of anilines is 1. The van der Waals surface area contributed by atoms with Crippen molar-refractivity contribution in [2.75, 3.05) is 11.9 Å². The Morgan fingerprint density at radius 3 is 2.44 bits per heavy atom. The van der Waals surface area contributed by atoms with E-state index >= 15 is 0 Å². The van der Waals surface area contributed by atoms with Crippen LogP contribution in [0.1, 0.15) is 42.4 Å². The molecule has 0 aliphatic heterocycles. The van der Waals surface area contributed by atoms with Crippen molar-refractivity contribution in [3.05, 3.63) is 108 Å². The maximum absolute atomic E-state index is 13.4. The van der Waals surface area contributed by atoms with Crippen LogP contribution in [0.5, 0.6) is 5.75 Å². The SMILES string of the molecule is CC(C(=O)Nc1cc(CCOc2ccccc2)ccc1CCCC(=O)O)c1cccc2ccccc12. The second-order valence-electron chi connectivity index (χ2n) is 8.93. The van der Waals surface area contributed by atoms with E-state index in [9.17, 15) is 9.59 Å². The van der Waals surface area contributed by atoms with Gasteiger partial charge in [-0.15, -0.1) is 0 Å². The van der Waals surface area contributed by atoms with Gasteiger partial charge in [0.2, 0.25) is 5.91 Å². The minimum Gasteiger partial charge on any atom is -0.493 e. The van der Waals surface area contributed by atoms with Crippen LogP contribution in [0.3, 0.4) is 0 Å². The maximum atomic E-state index is 13.4. The van der Waals surface area contributed by atoms with Gasteiger partial charge < -0.3 is 15.2 Å². The quantitative estimate of drug-likeness (QED) is 0.253. The molecule has 0 spiro atoms. The van der Waals surface area contributed by atoms with Crippen molar-refractivity contribution < 1.29 is 19.4 Å². The molecular formula is C31H31NO4. The van der Waals surface area contributed by atoms with E-state index in [0.717, 1.165) is 38.9 Å². The summed E-state index contributed by atoms with van der Waals surface area (Å²) in [6, 6.07) is 29.7. The van der Waals surface area contributed by atoms with Crippen molar-refractivity contribution in [3.8, 4) is 5.75 Å². The van der Waals surface area contributed by atoms with E-state index in [2.05, 4.69) is 5.32 Å². The maximum Gasteiger partial charge on any atom is 0.303 e. The van der Waals surface area contributed by atoms with E-state index in [1.54, 1.807) is 0 Å². The molecule has 0 saturated carbocycles. The Morgan fingerprint density at radius 2 is 1.64 bits per heavy atom. The Hall–Kier alpha value is -4.12. The summed E-state index contributed by atoms with van der Waals surface area (Å²) in [7, 11) is 0. The zero-order valence-corrected chi connectivity index (χ0v) is 20.4. The number of hydrogen-bond donors (Lipinski definition) is 2. The van der Waals surface area contributed by atoms with Gasteiger partial charge in [-0.25, -0.2) is 0 Å². The molecule has 5 nitrogen and oxygen atoms in total. The van der Waals surface area contributed by atoms with Gasteiger partial charge >= 0.3 is 5.97 Å². The van der Waals surface area contributed by atoms with Crippen molar-refractivity contribution in [2.45, 2.75) is 38.5 Å². The van der Waals surface area contributed by atoms with Crippen LogP contribution in [0.25, 0.3) is 10.8 Å². The highest BCUT2D eigenvalue weighted by molar-refractivity contribution is 5.99. The van der Waals surface area contributed by atoms with E-state index in [-0.39, 0.29) is 18.2 Å². The molecule has 36 heavy (non-hydrogen) atoms. The Kier molecular flexibility index (Phi) is 8.35. The lowest BCUT2D eigenvalue weighted by molar-refractivity contribution is -0.137. The minimum absolute atomic E-state index is 0.0897. The molecule has 0 aromatic heterocycles. The van der Waals surface area contributed by atoms with Crippen LogP contribution in [0, 0.1) is 0 Å². The third-order valence-corrected chi connectivity index (χ3v) is 6.35. The second kappa shape index (κ2) is 12.0. The van der Waals surface area contributed by atoms with Gasteiger partial charge in [0.1, 0.15) is 5.75 Å². The van der Waals surface area contributed by atoms with Crippen molar-refractivity contribution in [1.29, 1.82) is 0 Å². The van der Waals surface area contributed by atoms with Crippen LogP contribution in [-0.2, 0) is 22.4 Å². The molecule has 0 fully saturated rings. The third kappa shape index (κ3) is 6.51. The zero-order valence-electron chi connectivity index (χ0n) is 20.4. The number of rotatable bonds is 11. The smallest absolute Gasteiger partial charge is 0.303 e. The summed E-state index contributed by atoms with van der Waals surface area (Å²) >= 11 is 0. The molecule has 1 amide bonds. The number of aliphatic carboxylic acids is 1. The molecule has 4 rings (SSSR count). The largest absolute Gasteiger partial charge is 0.493 e. The average molecular weight is 482 g/mol. The molecule has 1 unspecified atom stereocenters. The fourth-order valence-corrected chi connectivity index (χ4v) is 4.36. The first-order valence-corrected chi connectivity index (χ1v) is 12.3. The number of aryl methyl sites for hydroxylation is 1. The summed E-state index contributed by atoms with van der Waals surface area (Å²) in [6.45, 7) is 2.43. The number of carbonyl (C=O) groups is 2. The minimum atomic E-state index is -0.820. The highest BCUT2D eigenvalue weighted by Gasteiger charge is 2.19. The Bertz CT molecular complexity index is 1330. The van der Waals surface area contributed by atoms with Crippen LogP contribution in [0.2, 0.25) is 0 Å². The number of carbonyl (C=O) groups excluding carboxylic acids is 1. The number of hydrogen-bond acceptors (Lipinski definition) is 3. The first-order chi connectivity index (χ1) is 17.5. The van der Waals surface area contributed by atoms with Crippen molar-refractivity contribution >= 4 is 28.3 Å².